The highest BCUT2D eigenvalue weighted by atomic mass is 16.2. The Kier molecular flexibility index (Phi) is 5.79. The number of hydrogen-bond acceptors (Lipinski definition) is 2. The third kappa shape index (κ3) is 5.38. The first-order valence-corrected chi connectivity index (χ1v) is 6.21. The van der Waals surface area contributed by atoms with E-state index in [1.54, 1.807) is 6.08 Å². The van der Waals surface area contributed by atoms with E-state index in [2.05, 4.69) is 11.9 Å². The van der Waals surface area contributed by atoms with E-state index in [0.717, 1.165) is 11.1 Å². The molecule has 0 aliphatic rings. The third-order valence-electron chi connectivity index (χ3n) is 2.68. The fourth-order valence-electron chi connectivity index (χ4n) is 1.72. The summed E-state index contributed by atoms with van der Waals surface area (Å²) in [5.41, 5.74) is 2.16. The molecular weight excluding hydrogens is 240 g/mol. The number of carbonyl (C=O) groups is 2. The highest BCUT2D eigenvalue weighted by molar-refractivity contribution is 5.83. The van der Waals surface area contributed by atoms with Crippen molar-refractivity contribution in [1.82, 2.24) is 10.2 Å². The third-order valence-corrected chi connectivity index (χ3v) is 2.68. The van der Waals surface area contributed by atoms with E-state index in [0.29, 0.717) is 13.1 Å². The number of nitrogens with one attached hydrogen (secondary N) is 1. The fourth-order valence-corrected chi connectivity index (χ4v) is 1.72. The minimum Gasteiger partial charge on any atom is -0.351 e. The van der Waals surface area contributed by atoms with Gasteiger partial charge in [0.1, 0.15) is 0 Å². The van der Waals surface area contributed by atoms with Gasteiger partial charge in [-0.25, -0.2) is 0 Å². The van der Waals surface area contributed by atoms with Crippen LogP contribution in [0, 0.1) is 6.92 Å². The molecule has 19 heavy (non-hydrogen) atoms. The van der Waals surface area contributed by atoms with Crippen LogP contribution < -0.4 is 5.32 Å². The standard InChI is InChI=1S/C15H20N2O2/c1-4-8-16-15(19)11-17(13(3)18)10-14-7-5-6-12(2)9-14/h4-7,9H,1,8,10-11H2,2-3H3,(H,16,19). The molecule has 0 unspecified atom stereocenters. The average molecular weight is 260 g/mol. The van der Waals surface area contributed by atoms with E-state index in [-0.39, 0.29) is 18.4 Å². The molecule has 0 aromatic heterocycles. The van der Waals surface area contributed by atoms with E-state index in [1.165, 1.54) is 11.8 Å². The van der Waals surface area contributed by atoms with E-state index >= 15 is 0 Å². The van der Waals surface area contributed by atoms with Crippen LogP contribution in [0.15, 0.2) is 36.9 Å². The summed E-state index contributed by atoms with van der Waals surface area (Å²) in [6.07, 6.45) is 1.61. The topological polar surface area (TPSA) is 49.4 Å². The van der Waals surface area contributed by atoms with Crippen LogP contribution in [0.2, 0.25) is 0 Å². The largest absolute Gasteiger partial charge is 0.351 e. The summed E-state index contributed by atoms with van der Waals surface area (Å²) in [5.74, 6) is -0.294. The van der Waals surface area contributed by atoms with Gasteiger partial charge in [0, 0.05) is 20.0 Å². The van der Waals surface area contributed by atoms with Crippen molar-refractivity contribution in [2.75, 3.05) is 13.1 Å². The van der Waals surface area contributed by atoms with Crippen LogP contribution in [-0.2, 0) is 16.1 Å². The second kappa shape index (κ2) is 7.36. The van der Waals surface area contributed by atoms with Crippen LogP contribution in [-0.4, -0.2) is 29.8 Å². The smallest absolute Gasteiger partial charge is 0.239 e. The number of carbonyl (C=O) groups excluding carboxylic acids is 2. The van der Waals surface area contributed by atoms with Gasteiger partial charge in [0.15, 0.2) is 0 Å². The SMILES string of the molecule is C=CCNC(=O)CN(Cc1cccc(C)c1)C(C)=O. The predicted molar refractivity (Wildman–Crippen MR) is 75.5 cm³/mol. The molecule has 102 valence electrons. The minimum atomic E-state index is -0.178. The van der Waals surface area contributed by atoms with E-state index in [9.17, 15) is 9.59 Å². The second-order valence-electron chi connectivity index (χ2n) is 4.46. The van der Waals surface area contributed by atoms with Gasteiger partial charge < -0.3 is 10.2 Å². The Labute approximate surface area is 114 Å². The number of aryl methyl sites for hydroxylation is 1. The molecule has 0 saturated heterocycles. The summed E-state index contributed by atoms with van der Waals surface area (Å²) in [7, 11) is 0. The highest BCUT2D eigenvalue weighted by Gasteiger charge is 2.13. The maximum absolute atomic E-state index is 11.6. The summed E-state index contributed by atoms with van der Waals surface area (Å²) in [4.78, 5) is 24.7. The van der Waals surface area contributed by atoms with Crippen molar-refractivity contribution in [2.24, 2.45) is 0 Å². The predicted octanol–water partition coefficient (Wildman–Crippen LogP) is 1.65. The first-order chi connectivity index (χ1) is 9.02. The van der Waals surface area contributed by atoms with E-state index < -0.39 is 0 Å². The molecule has 1 rings (SSSR count). The number of rotatable bonds is 6. The van der Waals surface area contributed by atoms with Crippen molar-refractivity contribution in [3.05, 3.63) is 48.0 Å². The number of nitrogens with zero attached hydrogens (tertiary/aromatic N) is 1. The van der Waals surface area contributed by atoms with E-state index in [1.807, 2.05) is 31.2 Å². The zero-order valence-electron chi connectivity index (χ0n) is 11.5. The number of benzene rings is 1. The number of amides is 2. The molecule has 4 nitrogen and oxygen atoms in total. The maximum Gasteiger partial charge on any atom is 0.239 e. The summed E-state index contributed by atoms with van der Waals surface area (Å²) >= 11 is 0. The van der Waals surface area contributed by atoms with Crippen LogP contribution in [0.3, 0.4) is 0 Å². The Hall–Kier alpha value is -2.10. The molecule has 0 aliphatic carbocycles. The molecule has 0 aliphatic heterocycles. The van der Waals surface area contributed by atoms with E-state index in [4.69, 9.17) is 0 Å². The lowest BCUT2D eigenvalue weighted by atomic mass is 10.1. The van der Waals surface area contributed by atoms with Crippen molar-refractivity contribution in [2.45, 2.75) is 20.4 Å². The Morgan fingerprint density at radius 3 is 2.74 bits per heavy atom. The zero-order chi connectivity index (χ0) is 14.3. The minimum absolute atomic E-state index is 0.0666. The van der Waals surface area contributed by atoms with Gasteiger partial charge in [0.05, 0.1) is 6.54 Å². The van der Waals surface area contributed by atoms with Crippen LogP contribution >= 0.6 is 0 Å². The quantitative estimate of drug-likeness (QED) is 0.791. The first kappa shape index (κ1) is 15.0. The summed E-state index contributed by atoms with van der Waals surface area (Å²) in [5, 5.41) is 2.66. The van der Waals surface area contributed by atoms with Gasteiger partial charge in [-0.15, -0.1) is 6.58 Å². The Morgan fingerprint density at radius 1 is 1.42 bits per heavy atom. The summed E-state index contributed by atoms with van der Waals surface area (Å²) < 4.78 is 0. The molecule has 4 heteroatoms. The molecule has 1 aromatic rings. The van der Waals surface area contributed by atoms with Crippen molar-refractivity contribution in [3.8, 4) is 0 Å². The molecule has 0 fully saturated rings. The Bertz CT molecular complexity index is 469. The lowest BCUT2D eigenvalue weighted by Gasteiger charge is -2.20. The Morgan fingerprint density at radius 2 is 2.16 bits per heavy atom. The second-order valence-corrected chi connectivity index (χ2v) is 4.46. The molecule has 0 heterocycles. The maximum atomic E-state index is 11.6. The molecule has 0 atom stereocenters. The van der Waals surface area contributed by atoms with Gasteiger partial charge in [-0.2, -0.15) is 0 Å². The van der Waals surface area contributed by atoms with Gasteiger partial charge in [-0.1, -0.05) is 35.9 Å². The molecule has 0 spiro atoms. The van der Waals surface area contributed by atoms with Gasteiger partial charge in [-0.05, 0) is 12.5 Å². The van der Waals surface area contributed by atoms with Gasteiger partial charge >= 0.3 is 0 Å². The average Bonchev–Trinajstić information content (AvgIpc) is 2.35. The van der Waals surface area contributed by atoms with Crippen molar-refractivity contribution in [3.63, 3.8) is 0 Å². The molecule has 1 aromatic carbocycles. The lowest BCUT2D eigenvalue weighted by Crippen LogP contribution is -2.39. The van der Waals surface area contributed by atoms with Crippen LogP contribution in [0.5, 0.6) is 0 Å². The zero-order valence-corrected chi connectivity index (χ0v) is 11.5. The molecule has 2 amide bonds. The van der Waals surface area contributed by atoms with Gasteiger partial charge in [0.2, 0.25) is 11.8 Å². The van der Waals surface area contributed by atoms with Crippen molar-refractivity contribution >= 4 is 11.8 Å². The van der Waals surface area contributed by atoms with Crippen LogP contribution in [0.4, 0.5) is 0 Å². The first-order valence-electron chi connectivity index (χ1n) is 6.21. The van der Waals surface area contributed by atoms with Crippen molar-refractivity contribution in [1.29, 1.82) is 0 Å². The molecule has 0 saturated carbocycles. The van der Waals surface area contributed by atoms with Gasteiger partial charge in [-0.3, -0.25) is 9.59 Å². The highest BCUT2D eigenvalue weighted by Crippen LogP contribution is 2.07. The fraction of sp³-hybridized carbons (Fsp3) is 0.333. The van der Waals surface area contributed by atoms with Gasteiger partial charge in [0.25, 0.3) is 0 Å². The summed E-state index contributed by atoms with van der Waals surface area (Å²) in [6.45, 7) is 7.92. The van der Waals surface area contributed by atoms with Crippen LogP contribution in [0.25, 0.3) is 0 Å². The molecular formula is C15H20N2O2. The van der Waals surface area contributed by atoms with Crippen molar-refractivity contribution < 1.29 is 9.59 Å². The number of hydrogen-bond donors (Lipinski definition) is 1. The van der Waals surface area contributed by atoms with Crippen LogP contribution in [0.1, 0.15) is 18.1 Å². The lowest BCUT2D eigenvalue weighted by molar-refractivity contribution is -0.134. The molecule has 0 bridgehead atoms. The molecule has 0 radical (unpaired) electrons. The summed E-state index contributed by atoms with van der Waals surface area (Å²) in [6, 6.07) is 7.90. The monoisotopic (exact) mass is 260 g/mol. The molecule has 1 N–H and O–H groups in total. The Balaban J connectivity index is 2.65. The normalized spacial score (nSPS) is 9.79.